The molecule has 4 nitrogen and oxygen atoms in total. The molecule has 0 saturated carbocycles. The van der Waals surface area contributed by atoms with Crippen LogP contribution in [0.3, 0.4) is 0 Å². The van der Waals surface area contributed by atoms with Gasteiger partial charge in [0.2, 0.25) is 0 Å². The lowest BCUT2D eigenvalue weighted by Crippen LogP contribution is -2.18. The Morgan fingerprint density at radius 1 is 1.04 bits per heavy atom. The highest BCUT2D eigenvalue weighted by Crippen LogP contribution is 2.31. The fourth-order valence-electron chi connectivity index (χ4n) is 3.67. The number of nitrogens with zero attached hydrogens (tertiary/aromatic N) is 3. The van der Waals surface area contributed by atoms with Gasteiger partial charge in [0.05, 0.1) is 11.0 Å². The van der Waals surface area contributed by atoms with Crippen molar-refractivity contribution in [3.8, 4) is 0 Å². The third-order valence-corrected chi connectivity index (χ3v) is 6.17. The first kappa shape index (κ1) is 20.7. The Morgan fingerprint density at radius 3 is 2.26 bits per heavy atom. The number of fused-ring (bicyclic) bond motifs is 1. The van der Waals surface area contributed by atoms with Crippen LogP contribution < -0.4 is 0 Å². The van der Waals surface area contributed by atoms with Crippen molar-refractivity contribution in [3.05, 3.63) is 24.0 Å². The molecule has 0 radical (unpaired) electrons. The number of benzene rings is 1. The summed E-state index contributed by atoms with van der Waals surface area (Å²) < 4.78 is 9.88. The maximum absolute atomic E-state index is 5.07. The van der Waals surface area contributed by atoms with Crippen LogP contribution in [0.15, 0.2) is 23.1 Å². The second-order valence-corrected chi connectivity index (χ2v) is 9.65. The third-order valence-electron chi connectivity index (χ3n) is 5.08. The molecule has 2 aliphatic rings. The van der Waals surface area contributed by atoms with E-state index in [0.29, 0.717) is 0 Å². The maximum atomic E-state index is 5.07. The van der Waals surface area contributed by atoms with Crippen LogP contribution in [-0.4, -0.2) is 40.2 Å². The Hall–Kier alpha value is -1.04. The number of hydrogen-bond acceptors (Lipinski definition) is 4. The van der Waals surface area contributed by atoms with Crippen LogP contribution in [0, 0.1) is 0 Å². The lowest BCUT2D eigenvalue weighted by Gasteiger charge is -2.19. The van der Waals surface area contributed by atoms with Crippen LogP contribution in [0.2, 0.25) is 0 Å². The van der Waals surface area contributed by atoms with Crippen molar-refractivity contribution in [2.45, 2.75) is 76.7 Å². The van der Waals surface area contributed by atoms with Gasteiger partial charge in [0, 0.05) is 43.2 Å². The Kier molecular flexibility index (Phi) is 7.23. The van der Waals surface area contributed by atoms with E-state index in [4.69, 9.17) is 9.72 Å². The van der Waals surface area contributed by atoms with Crippen molar-refractivity contribution < 1.29 is 4.74 Å². The summed E-state index contributed by atoms with van der Waals surface area (Å²) in [7, 11) is 0. The van der Waals surface area contributed by atoms with Crippen LogP contribution in [0.4, 0.5) is 0 Å². The lowest BCUT2D eigenvalue weighted by atomic mass is 9.96. The Morgan fingerprint density at radius 2 is 1.74 bits per heavy atom. The quantitative estimate of drug-likeness (QED) is 0.635. The molecule has 2 aliphatic heterocycles. The summed E-state index contributed by atoms with van der Waals surface area (Å²) in [5, 5.41) is 0. The summed E-state index contributed by atoms with van der Waals surface area (Å²) in [6.45, 7) is 14.3. The lowest BCUT2D eigenvalue weighted by molar-refractivity contribution is 0.0968. The van der Waals surface area contributed by atoms with E-state index in [1.165, 1.54) is 61.4 Å². The fourth-order valence-corrected chi connectivity index (χ4v) is 4.71. The minimum Gasteiger partial charge on any atom is -0.381 e. The van der Waals surface area contributed by atoms with Crippen LogP contribution in [0.5, 0.6) is 0 Å². The maximum Gasteiger partial charge on any atom is 0.115 e. The zero-order chi connectivity index (χ0) is 19.3. The third kappa shape index (κ3) is 5.49. The Labute approximate surface area is 168 Å². The van der Waals surface area contributed by atoms with Crippen molar-refractivity contribution in [2.24, 2.45) is 0 Å². The molecule has 5 heteroatoms. The molecule has 2 saturated heterocycles. The minimum atomic E-state index is 0.0806. The summed E-state index contributed by atoms with van der Waals surface area (Å²) in [6.07, 6.45) is 6.59. The van der Waals surface area contributed by atoms with E-state index in [2.05, 4.69) is 54.8 Å². The second kappa shape index (κ2) is 9.44. The van der Waals surface area contributed by atoms with Gasteiger partial charge in [0.15, 0.2) is 0 Å². The van der Waals surface area contributed by atoms with E-state index in [9.17, 15) is 0 Å². The summed E-state index contributed by atoms with van der Waals surface area (Å²) >= 11 is 1.88. The van der Waals surface area contributed by atoms with E-state index in [1.54, 1.807) is 0 Å². The van der Waals surface area contributed by atoms with E-state index in [0.717, 1.165) is 25.3 Å². The zero-order valence-electron chi connectivity index (χ0n) is 17.5. The van der Waals surface area contributed by atoms with Crippen molar-refractivity contribution >= 4 is 23.0 Å². The average molecular weight is 390 g/mol. The van der Waals surface area contributed by atoms with E-state index < -0.39 is 0 Å². The molecule has 0 unspecified atom stereocenters. The van der Waals surface area contributed by atoms with E-state index in [1.807, 2.05) is 11.9 Å². The van der Waals surface area contributed by atoms with Crippen molar-refractivity contribution in [1.82, 2.24) is 13.9 Å². The largest absolute Gasteiger partial charge is 0.381 e. The first-order valence-electron chi connectivity index (χ1n) is 10.5. The van der Waals surface area contributed by atoms with Gasteiger partial charge >= 0.3 is 0 Å². The summed E-state index contributed by atoms with van der Waals surface area (Å²) in [5.41, 5.74) is 2.47. The monoisotopic (exact) mass is 389 g/mol. The highest BCUT2D eigenvalue weighted by atomic mass is 32.2. The Bertz CT molecular complexity index is 713. The normalized spacial score (nSPS) is 18.5. The summed E-state index contributed by atoms with van der Waals surface area (Å²) in [5.74, 6) is 1.18. The number of hydrogen-bond donors (Lipinski definition) is 0. The molecule has 0 spiro atoms. The fraction of sp³-hybridized carbons (Fsp3) is 0.682. The molecule has 0 atom stereocenters. The molecule has 0 amide bonds. The van der Waals surface area contributed by atoms with Gasteiger partial charge in [-0.2, -0.15) is 0 Å². The topological polar surface area (TPSA) is 30.3 Å². The molecular weight excluding hydrogens is 354 g/mol. The molecule has 3 heterocycles. The number of rotatable bonds is 3. The smallest absolute Gasteiger partial charge is 0.115 e. The predicted molar refractivity (Wildman–Crippen MR) is 115 cm³/mol. The SMILES string of the molecule is C1CCOCC1.CCn1c(C(C)(C)C)nc2cc(SN3CCCC3)ccc21. The summed E-state index contributed by atoms with van der Waals surface area (Å²) in [4.78, 5) is 6.23. The number of aryl methyl sites for hydroxylation is 1. The number of ether oxygens (including phenoxy) is 1. The van der Waals surface area contributed by atoms with Gasteiger partial charge in [0.1, 0.15) is 5.82 Å². The molecule has 0 aliphatic carbocycles. The standard InChI is InChI=1S/C17H25N3S.C5H10O/c1-5-20-15-9-8-13(21-19-10-6-7-11-19)12-14(15)18-16(20)17(2,3)4;1-2-4-6-5-3-1/h8-9,12H,5-7,10-11H2,1-4H3;1-5H2. The van der Waals surface area contributed by atoms with Gasteiger partial charge < -0.3 is 9.30 Å². The van der Waals surface area contributed by atoms with Gasteiger partial charge in [-0.1, -0.05) is 20.8 Å². The molecule has 0 N–H and O–H groups in total. The molecule has 1 aromatic heterocycles. The van der Waals surface area contributed by atoms with Gasteiger partial charge in [-0.25, -0.2) is 9.29 Å². The van der Waals surface area contributed by atoms with Crippen molar-refractivity contribution in [3.63, 3.8) is 0 Å². The number of aromatic nitrogens is 2. The average Bonchev–Trinajstić information content (AvgIpc) is 3.30. The van der Waals surface area contributed by atoms with Crippen molar-refractivity contribution in [2.75, 3.05) is 26.3 Å². The number of imidazole rings is 1. The first-order valence-corrected chi connectivity index (χ1v) is 11.3. The van der Waals surface area contributed by atoms with E-state index >= 15 is 0 Å². The van der Waals surface area contributed by atoms with Gasteiger partial charge in [0.25, 0.3) is 0 Å². The highest BCUT2D eigenvalue weighted by molar-refractivity contribution is 7.97. The Balaban J connectivity index is 0.000000299. The van der Waals surface area contributed by atoms with Crippen LogP contribution in [0.25, 0.3) is 11.0 Å². The molecule has 2 fully saturated rings. The minimum absolute atomic E-state index is 0.0806. The van der Waals surface area contributed by atoms with E-state index in [-0.39, 0.29) is 5.41 Å². The predicted octanol–water partition coefficient (Wildman–Crippen LogP) is 5.64. The molecule has 27 heavy (non-hydrogen) atoms. The zero-order valence-corrected chi connectivity index (χ0v) is 18.3. The van der Waals surface area contributed by atoms with Crippen molar-refractivity contribution in [1.29, 1.82) is 0 Å². The molecule has 150 valence electrons. The van der Waals surface area contributed by atoms with Crippen LogP contribution >= 0.6 is 11.9 Å². The van der Waals surface area contributed by atoms with Gasteiger partial charge in [-0.05, 0) is 69.2 Å². The van der Waals surface area contributed by atoms with Crippen LogP contribution in [-0.2, 0) is 16.7 Å². The first-order chi connectivity index (χ1) is 13.0. The van der Waals surface area contributed by atoms with Crippen LogP contribution in [0.1, 0.15) is 65.6 Å². The molecular formula is C22H35N3OS. The van der Waals surface area contributed by atoms with Gasteiger partial charge in [-0.3, -0.25) is 0 Å². The highest BCUT2D eigenvalue weighted by Gasteiger charge is 2.22. The van der Waals surface area contributed by atoms with Gasteiger partial charge in [-0.15, -0.1) is 0 Å². The molecule has 4 rings (SSSR count). The summed E-state index contributed by atoms with van der Waals surface area (Å²) in [6, 6.07) is 6.73. The second-order valence-electron chi connectivity index (χ2n) is 8.48. The molecule has 2 aromatic rings. The molecule has 1 aromatic carbocycles. The molecule has 0 bridgehead atoms.